The normalized spacial score (nSPS) is 10.7. The van der Waals surface area contributed by atoms with Gasteiger partial charge in [-0.25, -0.2) is 0 Å². The molecule has 15 heavy (non-hydrogen) atoms. The summed E-state index contributed by atoms with van der Waals surface area (Å²) in [6, 6.07) is 0. The lowest BCUT2D eigenvalue weighted by Crippen LogP contribution is -3.00. The van der Waals surface area contributed by atoms with Gasteiger partial charge in [-0.05, 0) is 12.5 Å². The van der Waals surface area contributed by atoms with Crippen LogP contribution in [0.15, 0.2) is 12.2 Å². The number of halogens is 1. The molecule has 90 valence electrons. The van der Waals surface area contributed by atoms with E-state index >= 15 is 0 Å². The monoisotopic (exact) mass is 329 g/mol. The van der Waals surface area contributed by atoms with Crippen LogP contribution < -0.4 is 24.0 Å². The first-order valence-corrected chi connectivity index (χ1v) is 4.89. The minimum Gasteiger partial charge on any atom is -0.379 e. The lowest BCUT2D eigenvalue weighted by molar-refractivity contribution is -0.890. The minimum absolute atomic E-state index is 0. The van der Waals surface area contributed by atoms with E-state index in [1.165, 1.54) is 0 Å². The summed E-state index contributed by atoms with van der Waals surface area (Å²) in [5.74, 6) is 0.161. The largest absolute Gasteiger partial charge is 0.379 e. The van der Waals surface area contributed by atoms with E-state index in [0.717, 1.165) is 24.2 Å². The van der Waals surface area contributed by atoms with Crippen molar-refractivity contribution in [3.63, 3.8) is 0 Å². The Morgan fingerprint density at radius 3 is 2.27 bits per heavy atom. The molecule has 0 heterocycles. The van der Waals surface area contributed by atoms with Crippen molar-refractivity contribution >= 4 is 5.78 Å². The van der Waals surface area contributed by atoms with Crippen LogP contribution in [0.5, 0.6) is 0 Å². The molecular formula is C11H24INO2+2. The van der Waals surface area contributed by atoms with Gasteiger partial charge >= 0.3 is 0 Å². The Morgan fingerprint density at radius 1 is 1.33 bits per heavy atom. The van der Waals surface area contributed by atoms with Gasteiger partial charge in [-0.1, -0.05) is 6.58 Å². The Labute approximate surface area is 110 Å². The van der Waals surface area contributed by atoms with Crippen molar-refractivity contribution in [3.8, 4) is 0 Å². The number of carbonyl (C=O) groups excluding carboxylic acids is 1. The van der Waals surface area contributed by atoms with E-state index in [9.17, 15) is 4.79 Å². The molecule has 0 aliphatic rings. The lowest BCUT2D eigenvalue weighted by Gasteiger charge is -2.29. The maximum atomic E-state index is 11.3. The highest BCUT2D eigenvalue weighted by atomic mass is 127. The van der Waals surface area contributed by atoms with Gasteiger partial charge in [-0.3, -0.25) is 4.79 Å². The molecule has 4 heteroatoms. The first-order valence-electron chi connectivity index (χ1n) is 4.89. The standard InChI is InChI=1S/C11H22NO2.H2I/c1-10(2)11(13)6-7-12(3,4)8-9-14-5;/h1,6-9H2,2-5H3;1H2/q2*+1. The van der Waals surface area contributed by atoms with Gasteiger partial charge in [0.25, 0.3) is 0 Å². The van der Waals surface area contributed by atoms with Gasteiger partial charge in [0, 0.05) is 7.11 Å². The quantitative estimate of drug-likeness (QED) is 0.299. The van der Waals surface area contributed by atoms with Gasteiger partial charge in [0.2, 0.25) is 24.0 Å². The Balaban J connectivity index is 0. The third-order valence-corrected chi connectivity index (χ3v) is 2.32. The van der Waals surface area contributed by atoms with Crippen LogP contribution in [0, 0.1) is 0 Å². The summed E-state index contributed by atoms with van der Waals surface area (Å²) < 4.78 is 5.83. The van der Waals surface area contributed by atoms with Crippen LogP contribution in [0.25, 0.3) is 0 Å². The molecule has 0 rings (SSSR count). The molecule has 0 saturated carbocycles. The smallest absolute Gasteiger partial charge is 0.235 e. The van der Waals surface area contributed by atoms with Gasteiger partial charge in [-0.15, -0.1) is 0 Å². The molecular weight excluding hydrogens is 305 g/mol. The lowest BCUT2D eigenvalue weighted by atomic mass is 10.1. The number of hydrogen-bond donors (Lipinski definition) is 0. The number of hydrogen-bond acceptors (Lipinski definition) is 2. The number of methoxy groups -OCH3 is 1. The molecule has 0 radical (unpaired) electrons. The number of carbonyl (C=O) groups is 1. The van der Waals surface area contributed by atoms with Crippen molar-refractivity contribution in [2.24, 2.45) is 0 Å². The third-order valence-electron chi connectivity index (χ3n) is 2.32. The topological polar surface area (TPSA) is 26.3 Å². The minimum atomic E-state index is 0. The SMILES string of the molecule is C=C(C)C(=O)CC[N+](C)(C)CCOC.[IH2+]. The highest BCUT2D eigenvalue weighted by Gasteiger charge is 2.16. The average Bonchev–Trinajstić information content (AvgIpc) is 2.11. The molecule has 0 spiro atoms. The number of ether oxygens (including phenoxy) is 1. The zero-order valence-corrected chi connectivity index (χ0v) is 12.8. The van der Waals surface area contributed by atoms with Crippen molar-refractivity contribution < 1.29 is 38.0 Å². The van der Waals surface area contributed by atoms with Crippen molar-refractivity contribution in [1.29, 1.82) is 0 Å². The van der Waals surface area contributed by atoms with Crippen molar-refractivity contribution in [2.45, 2.75) is 13.3 Å². The first-order chi connectivity index (χ1) is 6.39. The summed E-state index contributed by atoms with van der Waals surface area (Å²) in [4.78, 5) is 11.3. The van der Waals surface area contributed by atoms with Gasteiger partial charge in [0.15, 0.2) is 5.78 Å². The van der Waals surface area contributed by atoms with Crippen molar-refractivity contribution in [2.75, 3.05) is 40.9 Å². The van der Waals surface area contributed by atoms with Crippen LogP contribution in [0.4, 0.5) is 0 Å². The molecule has 0 aromatic heterocycles. The summed E-state index contributed by atoms with van der Waals surface area (Å²) in [5, 5.41) is 0. The zero-order valence-electron chi connectivity index (χ0n) is 10.2. The molecule has 0 atom stereocenters. The number of allylic oxidation sites excluding steroid dienone is 1. The van der Waals surface area contributed by atoms with Gasteiger partial charge in [-0.2, -0.15) is 0 Å². The fourth-order valence-corrected chi connectivity index (χ4v) is 1.07. The second-order valence-electron chi connectivity index (χ2n) is 4.33. The number of Topliss-reactive ketones (excluding diaryl/α,β-unsaturated/α-hetero) is 1. The van der Waals surface area contributed by atoms with Crippen LogP contribution >= 0.6 is 0 Å². The van der Waals surface area contributed by atoms with E-state index in [-0.39, 0.29) is 29.8 Å². The number of rotatable bonds is 7. The van der Waals surface area contributed by atoms with E-state index in [2.05, 4.69) is 20.7 Å². The van der Waals surface area contributed by atoms with E-state index < -0.39 is 0 Å². The molecule has 0 amide bonds. The van der Waals surface area contributed by atoms with Gasteiger partial charge in [0.1, 0.15) is 6.54 Å². The molecule has 0 aromatic carbocycles. The molecule has 0 aromatic rings. The maximum absolute atomic E-state index is 11.3. The Hall–Kier alpha value is 0.0600. The van der Waals surface area contributed by atoms with Crippen LogP contribution in [0.2, 0.25) is 0 Å². The highest BCUT2D eigenvalue weighted by Crippen LogP contribution is 2.03. The zero-order chi connectivity index (χ0) is 11.2. The molecule has 0 saturated heterocycles. The van der Waals surface area contributed by atoms with Crippen LogP contribution in [0.1, 0.15) is 13.3 Å². The third kappa shape index (κ3) is 9.02. The van der Waals surface area contributed by atoms with Crippen molar-refractivity contribution in [1.82, 2.24) is 0 Å². The first kappa shape index (κ1) is 17.5. The van der Waals surface area contributed by atoms with Crippen molar-refractivity contribution in [3.05, 3.63) is 12.2 Å². The summed E-state index contributed by atoms with van der Waals surface area (Å²) in [6.07, 6.45) is 0.575. The number of ketones is 1. The molecule has 0 fully saturated rings. The molecule has 3 nitrogen and oxygen atoms in total. The fourth-order valence-electron chi connectivity index (χ4n) is 1.07. The van der Waals surface area contributed by atoms with E-state index in [1.807, 2.05) is 0 Å². The highest BCUT2D eigenvalue weighted by molar-refractivity contribution is 5.94. The van der Waals surface area contributed by atoms with E-state index in [4.69, 9.17) is 4.74 Å². The van der Waals surface area contributed by atoms with Crippen LogP contribution in [-0.2, 0) is 9.53 Å². The number of nitrogens with zero attached hydrogens (tertiary/aromatic N) is 1. The molecule has 0 bridgehead atoms. The summed E-state index contributed by atoms with van der Waals surface area (Å²) >= 11 is 0. The van der Waals surface area contributed by atoms with Gasteiger partial charge in [0.05, 0.1) is 33.7 Å². The summed E-state index contributed by atoms with van der Waals surface area (Å²) in [6.45, 7) is 7.90. The predicted molar refractivity (Wildman–Crippen MR) is 60.9 cm³/mol. The number of quaternary nitrogens is 1. The van der Waals surface area contributed by atoms with E-state index in [1.54, 1.807) is 14.0 Å². The fraction of sp³-hybridized carbons (Fsp3) is 0.727. The van der Waals surface area contributed by atoms with Crippen LogP contribution in [0.3, 0.4) is 0 Å². The Kier molecular flexibility index (Phi) is 9.59. The average molecular weight is 329 g/mol. The Morgan fingerprint density at radius 2 is 1.87 bits per heavy atom. The van der Waals surface area contributed by atoms with E-state index in [0.29, 0.717) is 12.0 Å². The molecule has 0 aliphatic heterocycles. The molecule has 0 aliphatic carbocycles. The second-order valence-corrected chi connectivity index (χ2v) is 4.33. The predicted octanol–water partition coefficient (Wildman–Crippen LogP) is -2.29. The second kappa shape index (κ2) is 8.24. The van der Waals surface area contributed by atoms with Crippen LogP contribution in [-0.4, -0.2) is 51.2 Å². The maximum Gasteiger partial charge on any atom is 0.235 e. The molecule has 0 unspecified atom stereocenters. The molecule has 0 N–H and O–H groups in total. The summed E-state index contributed by atoms with van der Waals surface area (Å²) in [5.41, 5.74) is 0.650. The Bertz CT molecular complexity index is 215. The van der Waals surface area contributed by atoms with Gasteiger partial charge < -0.3 is 9.22 Å². The summed E-state index contributed by atoms with van der Waals surface area (Å²) in [7, 11) is 5.90. The number of likely N-dealkylation sites (N-methyl/N-ethyl adjacent to an activating group) is 1.